The molecule has 0 bridgehead atoms. The summed E-state index contributed by atoms with van der Waals surface area (Å²) in [5.41, 5.74) is 1.58. The first-order valence-electron chi connectivity index (χ1n) is 8.06. The van der Waals surface area contributed by atoms with Gasteiger partial charge in [0.25, 0.3) is 11.6 Å². The molecule has 1 aromatic rings. The number of non-ortho nitro benzene ring substituents is 1. The van der Waals surface area contributed by atoms with Crippen molar-refractivity contribution in [3.8, 4) is 0 Å². The molecule has 1 aliphatic carbocycles. The van der Waals surface area contributed by atoms with E-state index in [1.54, 1.807) is 12.2 Å². The summed E-state index contributed by atoms with van der Waals surface area (Å²) >= 11 is 0. The average molecular weight is 340 g/mol. The van der Waals surface area contributed by atoms with Crippen molar-refractivity contribution in [1.29, 1.82) is 0 Å². The molecule has 1 aliphatic rings. The van der Waals surface area contributed by atoms with Crippen molar-refractivity contribution in [3.05, 3.63) is 63.2 Å². The molecule has 6 heteroatoms. The molecule has 0 saturated carbocycles. The van der Waals surface area contributed by atoms with Crippen LogP contribution in [0.2, 0.25) is 0 Å². The second kappa shape index (κ2) is 7.34. The van der Waals surface area contributed by atoms with Gasteiger partial charge < -0.3 is 0 Å². The molecule has 0 unspecified atom stereocenters. The number of carbonyl (C=O) groups excluding carboxylic acids is 2. The number of Topliss-reactive ketones (excluding diaryl/α,β-unsaturated/α-hetero) is 1. The summed E-state index contributed by atoms with van der Waals surface area (Å²) in [6.45, 7) is 7.64. The van der Waals surface area contributed by atoms with Gasteiger partial charge in [0.2, 0.25) is 0 Å². The molecule has 0 fully saturated rings. The van der Waals surface area contributed by atoms with Crippen LogP contribution in [-0.4, -0.2) is 22.3 Å². The lowest BCUT2D eigenvalue weighted by Crippen LogP contribution is -2.21. The number of hydrogen-bond acceptors (Lipinski definition) is 4. The van der Waals surface area contributed by atoms with Crippen LogP contribution >= 0.6 is 0 Å². The van der Waals surface area contributed by atoms with Gasteiger partial charge in [-0.2, -0.15) is 0 Å². The summed E-state index contributed by atoms with van der Waals surface area (Å²) in [5, 5.41) is 10.8. The highest BCUT2D eigenvalue weighted by molar-refractivity contribution is 6.24. The Kier molecular flexibility index (Phi) is 5.41. The van der Waals surface area contributed by atoms with Crippen molar-refractivity contribution in [2.45, 2.75) is 27.7 Å². The number of nitrogens with zero attached hydrogens (tertiary/aromatic N) is 2. The standard InChI is InChI=1S/C19H20N2O4/c1-11(2)16-9-14(10-17(12(3)4)18(16)22)20-19(23)13-6-5-7-15(8-13)21(24)25/h5-12H,1-4H3. The first-order valence-corrected chi connectivity index (χ1v) is 8.06. The predicted octanol–water partition coefficient (Wildman–Crippen LogP) is 3.92. The van der Waals surface area contributed by atoms with Crippen molar-refractivity contribution in [2.24, 2.45) is 16.8 Å². The van der Waals surface area contributed by atoms with E-state index in [4.69, 9.17) is 0 Å². The number of aliphatic imine (C=N–C) groups is 1. The molecule has 0 aliphatic heterocycles. The summed E-state index contributed by atoms with van der Waals surface area (Å²) in [4.78, 5) is 39.2. The maximum Gasteiger partial charge on any atom is 0.277 e. The Morgan fingerprint density at radius 1 is 1.08 bits per heavy atom. The number of nitro benzene ring substituents is 1. The molecule has 1 aromatic carbocycles. The van der Waals surface area contributed by atoms with Gasteiger partial charge in [-0.1, -0.05) is 33.8 Å². The monoisotopic (exact) mass is 340 g/mol. The van der Waals surface area contributed by atoms with Crippen molar-refractivity contribution < 1.29 is 14.5 Å². The van der Waals surface area contributed by atoms with E-state index in [1.807, 2.05) is 27.7 Å². The van der Waals surface area contributed by atoms with Gasteiger partial charge in [-0.05, 0) is 30.1 Å². The van der Waals surface area contributed by atoms with Gasteiger partial charge in [0.05, 0.1) is 10.6 Å². The molecular weight excluding hydrogens is 320 g/mol. The Morgan fingerprint density at radius 3 is 2.12 bits per heavy atom. The lowest BCUT2D eigenvalue weighted by atomic mass is 9.84. The molecule has 0 atom stereocenters. The van der Waals surface area contributed by atoms with Crippen LogP contribution in [0, 0.1) is 22.0 Å². The predicted molar refractivity (Wildman–Crippen MR) is 95.7 cm³/mol. The molecule has 0 saturated heterocycles. The fourth-order valence-corrected chi connectivity index (χ4v) is 2.51. The van der Waals surface area contributed by atoms with Crippen molar-refractivity contribution in [1.82, 2.24) is 0 Å². The summed E-state index contributed by atoms with van der Waals surface area (Å²) in [6.07, 6.45) is 3.24. The van der Waals surface area contributed by atoms with Gasteiger partial charge >= 0.3 is 0 Å². The number of ketones is 1. The summed E-state index contributed by atoms with van der Waals surface area (Å²) in [7, 11) is 0. The Hall–Kier alpha value is -2.89. The van der Waals surface area contributed by atoms with Gasteiger partial charge in [0.1, 0.15) is 0 Å². The molecule has 6 nitrogen and oxygen atoms in total. The van der Waals surface area contributed by atoms with Gasteiger partial charge in [-0.3, -0.25) is 19.7 Å². The molecule has 130 valence electrons. The van der Waals surface area contributed by atoms with Crippen molar-refractivity contribution in [3.63, 3.8) is 0 Å². The van der Waals surface area contributed by atoms with E-state index < -0.39 is 10.8 Å². The van der Waals surface area contributed by atoms with Crippen LogP contribution in [-0.2, 0) is 4.79 Å². The van der Waals surface area contributed by atoms with Gasteiger partial charge in [-0.25, -0.2) is 4.99 Å². The Balaban J connectivity index is 2.44. The summed E-state index contributed by atoms with van der Waals surface area (Å²) in [6, 6.07) is 5.44. The SMILES string of the molecule is CC(C)C1=CC(=NC(=O)c2cccc([N+](=O)[O-])c2)C=C(C(C)C)C1=O. The number of carbonyl (C=O) groups is 2. The molecule has 0 aromatic heterocycles. The molecule has 0 heterocycles. The van der Waals surface area contributed by atoms with Crippen LogP contribution in [0.5, 0.6) is 0 Å². The zero-order valence-corrected chi connectivity index (χ0v) is 14.6. The van der Waals surface area contributed by atoms with Crippen LogP contribution in [0.15, 0.2) is 52.6 Å². The summed E-state index contributed by atoms with van der Waals surface area (Å²) < 4.78 is 0. The highest BCUT2D eigenvalue weighted by atomic mass is 16.6. The zero-order valence-electron chi connectivity index (χ0n) is 14.6. The largest absolute Gasteiger partial charge is 0.289 e. The Morgan fingerprint density at radius 2 is 1.64 bits per heavy atom. The first kappa shape index (κ1) is 18.4. The molecule has 1 amide bonds. The molecule has 2 rings (SSSR count). The highest BCUT2D eigenvalue weighted by Crippen LogP contribution is 2.25. The first-order chi connectivity index (χ1) is 11.7. The van der Waals surface area contributed by atoms with Crippen LogP contribution in [0.3, 0.4) is 0 Å². The normalized spacial score (nSPS) is 14.5. The maximum absolute atomic E-state index is 12.5. The molecule has 25 heavy (non-hydrogen) atoms. The summed E-state index contributed by atoms with van der Waals surface area (Å²) in [5.74, 6) is -0.584. The van der Waals surface area contributed by atoms with Gasteiger partial charge in [0.15, 0.2) is 5.78 Å². The lowest BCUT2D eigenvalue weighted by Gasteiger charge is -2.19. The Labute approximate surface area is 146 Å². The third-order valence-electron chi connectivity index (χ3n) is 3.91. The van der Waals surface area contributed by atoms with Crippen LogP contribution < -0.4 is 0 Å². The van der Waals surface area contributed by atoms with Crippen molar-refractivity contribution >= 4 is 23.1 Å². The topological polar surface area (TPSA) is 89.6 Å². The number of rotatable bonds is 4. The van der Waals surface area contributed by atoms with E-state index in [-0.39, 0.29) is 28.9 Å². The van der Waals surface area contributed by atoms with Crippen LogP contribution in [0.4, 0.5) is 5.69 Å². The number of amides is 1. The number of benzene rings is 1. The highest BCUT2D eigenvalue weighted by Gasteiger charge is 2.25. The fourth-order valence-electron chi connectivity index (χ4n) is 2.51. The smallest absolute Gasteiger partial charge is 0.277 e. The van der Waals surface area contributed by atoms with E-state index in [2.05, 4.69) is 4.99 Å². The fraction of sp³-hybridized carbons (Fsp3) is 0.316. The van der Waals surface area contributed by atoms with Crippen LogP contribution in [0.1, 0.15) is 38.1 Å². The molecule has 0 N–H and O–H groups in total. The molecular formula is C19H20N2O4. The maximum atomic E-state index is 12.5. The minimum absolute atomic E-state index is 0.00747. The van der Waals surface area contributed by atoms with E-state index >= 15 is 0 Å². The number of hydrogen-bond donors (Lipinski definition) is 0. The third kappa shape index (κ3) is 4.15. The van der Waals surface area contributed by atoms with E-state index in [1.165, 1.54) is 24.3 Å². The second-order valence-corrected chi connectivity index (χ2v) is 6.49. The third-order valence-corrected chi connectivity index (χ3v) is 3.91. The van der Waals surface area contributed by atoms with Gasteiger partial charge in [-0.15, -0.1) is 0 Å². The second-order valence-electron chi connectivity index (χ2n) is 6.49. The molecule has 0 radical (unpaired) electrons. The van der Waals surface area contributed by atoms with E-state index in [0.29, 0.717) is 16.9 Å². The van der Waals surface area contributed by atoms with Crippen LogP contribution in [0.25, 0.3) is 0 Å². The van der Waals surface area contributed by atoms with E-state index in [9.17, 15) is 19.7 Å². The Bertz CT molecular complexity index is 800. The number of nitro groups is 1. The van der Waals surface area contributed by atoms with Gasteiger partial charge in [0, 0.05) is 28.8 Å². The quantitative estimate of drug-likeness (QED) is 0.472. The van der Waals surface area contributed by atoms with E-state index in [0.717, 1.165) is 0 Å². The molecule has 0 spiro atoms. The lowest BCUT2D eigenvalue weighted by molar-refractivity contribution is -0.384. The zero-order chi connectivity index (χ0) is 18.7. The average Bonchev–Trinajstić information content (AvgIpc) is 2.55. The number of allylic oxidation sites excluding steroid dienone is 4. The minimum atomic E-state index is -0.577. The minimum Gasteiger partial charge on any atom is -0.289 e. The van der Waals surface area contributed by atoms with Crippen molar-refractivity contribution in [2.75, 3.05) is 0 Å².